The highest BCUT2D eigenvalue weighted by Gasteiger charge is 2.18. The largest absolute Gasteiger partial charge is 0.374 e. The molecule has 1 amide bonds. The van der Waals surface area contributed by atoms with Gasteiger partial charge in [0.2, 0.25) is 5.91 Å². The van der Waals surface area contributed by atoms with Gasteiger partial charge in [0, 0.05) is 31.4 Å². The van der Waals surface area contributed by atoms with Gasteiger partial charge in [0.25, 0.3) is 0 Å². The predicted octanol–water partition coefficient (Wildman–Crippen LogP) is 0.522. The molecule has 2 rings (SSSR count). The lowest BCUT2D eigenvalue weighted by Crippen LogP contribution is -2.45. The first kappa shape index (κ1) is 13.5. The number of likely N-dealkylation sites (N-methyl/N-ethyl adjacent to an activating group) is 1. The Bertz CT molecular complexity index is 369. The van der Waals surface area contributed by atoms with Crippen molar-refractivity contribution in [2.45, 2.75) is 18.9 Å². The van der Waals surface area contributed by atoms with Crippen molar-refractivity contribution >= 4 is 17.2 Å². The summed E-state index contributed by atoms with van der Waals surface area (Å²) < 4.78 is 5.58. The highest BCUT2D eigenvalue weighted by molar-refractivity contribution is 7.07. The Morgan fingerprint density at radius 2 is 2.61 bits per heavy atom. The van der Waals surface area contributed by atoms with Crippen LogP contribution in [-0.2, 0) is 16.0 Å². The molecule has 0 aliphatic carbocycles. The third-order valence-corrected chi connectivity index (χ3v) is 3.60. The number of amides is 1. The van der Waals surface area contributed by atoms with Crippen LogP contribution in [0.25, 0.3) is 0 Å². The minimum Gasteiger partial charge on any atom is -0.374 e. The maximum atomic E-state index is 11.7. The predicted molar refractivity (Wildman–Crippen MR) is 70.7 cm³/mol. The Morgan fingerprint density at radius 3 is 3.33 bits per heavy atom. The van der Waals surface area contributed by atoms with Crippen LogP contribution in [0.5, 0.6) is 0 Å². The fraction of sp³-hybridized carbons (Fsp3) is 0.667. The summed E-state index contributed by atoms with van der Waals surface area (Å²) in [5, 5.41) is 4.90. The van der Waals surface area contributed by atoms with Crippen molar-refractivity contribution in [3.8, 4) is 0 Å². The Hall–Kier alpha value is -0.980. The number of aryl methyl sites for hydroxylation is 1. The lowest BCUT2D eigenvalue weighted by Gasteiger charge is -2.30. The molecular weight excluding hydrogens is 250 g/mol. The van der Waals surface area contributed by atoms with E-state index in [2.05, 4.69) is 22.2 Å². The number of nitrogens with one attached hydrogen (secondary N) is 1. The molecule has 0 spiro atoms. The van der Waals surface area contributed by atoms with Gasteiger partial charge in [-0.2, -0.15) is 0 Å². The van der Waals surface area contributed by atoms with Gasteiger partial charge in [-0.1, -0.05) is 0 Å². The van der Waals surface area contributed by atoms with E-state index in [9.17, 15) is 4.79 Å². The zero-order valence-corrected chi connectivity index (χ0v) is 11.4. The second-order valence-corrected chi connectivity index (χ2v) is 5.26. The van der Waals surface area contributed by atoms with Crippen LogP contribution in [0.2, 0.25) is 0 Å². The third kappa shape index (κ3) is 4.36. The van der Waals surface area contributed by atoms with Gasteiger partial charge in [0.05, 0.1) is 23.9 Å². The number of nitrogens with zero attached hydrogens (tertiary/aromatic N) is 2. The van der Waals surface area contributed by atoms with Crippen LogP contribution in [0.1, 0.15) is 12.1 Å². The summed E-state index contributed by atoms with van der Waals surface area (Å²) in [5.74, 6) is 0.0693. The molecule has 18 heavy (non-hydrogen) atoms. The first-order valence-corrected chi connectivity index (χ1v) is 7.12. The van der Waals surface area contributed by atoms with E-state index < -0.39 is 0 Å². The van der Waals surface area contributed by atoms with Crippen molar-refractivity contribution in [1.82, 2.24) is 15.2 Å². The van der Waals surface area contributed by atoms with Crippen LogP contribution in [0.4, 0.5) is 0 Å². The van der Waals surface area contributed by atoms with E-state index in [4.69, 9.17) is 4.74 Å². The Kier molecular flexibility index (Phi) is 5.10. The molecule has 1 aliphatic heterocycles. The average molecular weight is 269 g/mol. The zero-order chi connectivity index (χ0) is 12.8. The van der Waals surface area contributed by atoms with Crippen molar-refractivity contribution in [3.05, 3.63) is 16.6 Å². The maximum Gasteiger partial charge on any atom is 0.220 e. The maximum absolute atomic E-state index is 11.7. The van der Waals surface area contributed by atoms with E-state index in [1.54, 1.807) is 16.8 Å². The topological polar surface area (TPSA) is 54.5 Å². The van der Waals surface area contributed by atoms with E-state index in [0.29, 0.717) is 19.4 Å². The molecule has 1 unspecified atom stereocenters. The number of thiazole rings is 1. The molecule has 1 aromatic rings. The van der Waals surface area contributed by atoms with Crippen LogP contribution >= 0.6 is 11.3 Å². The first-order valence-electron chi connectivity index (χ1n) is 6.18. The lowest BCUT2D eigenvalue weighted by atomic mass is 10.2. The van der Waals surface area contributed by atoms with Gasteiger partial charge >= 0.3 is 0 Å². The number of morpholine rings is 1. The summed E-state index contributed by atoms with van der Waals surface area (Å²) in [5.41, 5.74) is 2.78. The third-order valence-electron chi connectivity index (χ3n) is 2.96. The Balaban J connectivity index is 1.62. The summed E-state index contributed by atoms with van der Waals surface area (Å²) in [6, 6.07) is 0. The lowest BCUT2D eigenvalue weighted by molar-refractivity contribution is -0.122. The Morgan fingerprint density at radius 1 is 1.72 bits per heavy atom. The molecule has 5 nitrogen and oxygen atoms in total. The number of aromatic nitrogens is 1. The van der Waals surface area contributed by atoms with Crippen LogP contribution in [0, 0.1) is 0 Å². The fourth-order valence-corrected chi connectivity index (χ4v) is 2.50. The Labute approximate surface area is 111 Å². The van der Waals surface area contributed by atoms with Crippen LogP contribution in [0.15, 0.2) is 10.9 Å². The van der Waals surface area contributed by atoms with Gasteiger partial charge in [-0.3, -0.25) is 4.79 Å². The molecule has 1 fully saturated rings. The second kappa shape index (κ2) is 6.82. The van der Waals surface area contributed by atoms with Crippen molar-refractivity contribution < 1.29 is 9.53 Å². The van der Waals surface area contributed by atoms with Gasteiger partial charge in [0.1, 0.15) is 0 Å². The van der Waals surface area contributed by atoms with E-state index in [0.717, 1.165) is 25.4 Å². The van der Waals surface area contributed by atoms with Crippen molar-refractivity contribution in [3.63, 3.8) is 0 Å². The molecule has 0 aromatic carbocycles. The van der Waals surface area contributed by atoms with Crippen molar-refractivity contribution in [1.29, 1.82) is 0 Å². The number of carbonyl (C=O) groups excluding carboxylic acids is 1. The molecule has 1 atom stereocenters. The molecule has 6 heteroatoms. The molecular formula is C12H19N3O2S. The van der Waals surface area contributed by atoms with Gasteiger partial charge < -0.3 is 15.0 Å². The summed E-state index contributed by atoms with van der Waals surface area (Å²) >= 11 is 1.56. The van der Waals surface area contributed by atoms with E-state index in [-0.39, 0.29) is 12.0 Å². The summed E-state index contributed by atoms with van der Waals surface area (Å²) in [4.78, 5) is 18.0. The fourth-order valence-electron chi connectivity index (χ4n) is 1.91. The summed E-state index contributed by atoms with van der Waals surface area (Å²) in [6.45, 7) is 3.19. The molecule has 1 saturated heterocycles. The highest BCUT2D eigenvalue weighted by atomic mass is 32.1. The minimum absolute atomic E-state index is 0.0693. The molecule has 2 heterocycles. The molecule has 1 aliphatic rings. The van der Waals surface area contributed by atoms with Gasteiger partial charge in [-0.15, -0.1) is 11.3 Å². The SMILES string of the molecule is CN1CCOC(CNC(=O)CCc2cscn2)C1. The van der Waals surface area contributed by atoms with Crippen molar-refractivity contribution in [2.24, 2.45) is 0 Å². The van der Waals surface area contributed by atoms with Gasteiger partial charge in [0.15, 0.2) is 0 Å². The zero-order valence-electron chi connectivity index (χ0n) is 10.6. The van der Waals surface area contributed by atoms with E-state index >= 15 is 0 Å². The monoisotopic (exact) mass is 269 g/mol. The quantitative estimate of drug-likeness (QED) is 0.847. The summed E-state index contributed by atoms with van der Waals surface area (Å²) in [6.07, 6.45) is 1.32. The number of hydrogen-bond donors (Lipinski definition) is 1. The minimum atomic E-state index is 0.0693. The van der Waals surface area contributed by atoms with Crippen LogP contribution in [0.3, 0.4) is 0 Å². The molecule has 1 N–H and O–H groups in total. The van der Waals surface area contributed by atoms with Crippen molar-refractivity contribution in [2.75, 3.05) is 33.3 Å². The normalized spacial score (nSPS) is 20.8. The van der Waals surface area contributed by atoms with E-state index in [1.807, 2.05) is 5.38 Å². The highest BCUT2D eigenvalue weighted by Crippen LogP contribution is 2.04. The molecule has 0 bridgehead atoms. The van der Waals surface area contributed by atoms with Gasteiger partial charge in [-0.25, -0.2) is 4.98 Å². The number of ether oxygens (including phenoxy) is 1. The number of carbonyl (C=O) groups is 1. The number of hydrogen-bond acceptors (Lipinski definition) is 5. The molecule has 100 valence electrons. The molecule has 0 saturated carbocycles. The van der Waals surface area contributed by atoms with Crippen LogP contribution in [-0.4, -0.2) is 55.2 Å². The first-order chi connectivity index (χ1) is 8.74. The molecule has 1 aromatic heterocycles. The number of rotatable bonds is 5. The van der Waals surface area contributed by atoms with E-state index in [1.165, 1.54) is 0 Å². The summed E-state index contributed by atoms with van der Waals surface area (Å²) in [7, 11) is 2.07. The standard InChI is InChI=1S/C12H19N3O2S/c1-15-4-5-17-11(7-15)6-13-12(16)3-2-10-8-18-9-14-10/h8-9,11H,2-7H2,1H3,(H,13,16). The average Bonchev–Trinajstić information content (AvgIpc) is 2.87. The second-order valence-electron chi connectivity index (χ2n) is 4.54. The smallest absolute Gasteiger partial charge is 0.220 e. The molecule has 0 radical (unpaired) electrons. The van der Waals surface area contributed by atoms with Gasteiger partial charge in [-0.05, 0) is 13.5 Å². The van der Waals surface area contributed by atoms with Crippen LogP contribution < -0.4 is 5.32 Å².